The molecular formula is C33H25N5Pt+2. The first-order valence-corrected chi connectivity index (χ1v) is 12.9. The number of nitrogens with zero attached hydrogens (tertiary/aromatic N) is 5. The summed E-state index contributed by atoms with van der Waals surface area (Å²) in [4.78, 5) is 9.18. The van der Waals surface area contributed by atoms with Crippen LogP contribution < -0.4 is 4.90 Å². The molecule has 7 aromatic rings. The summed E-state index contributed by atoms with van der Waals surface area (Å²) in [6.07, 6.45) is 6.12. The summed E-state index contributed by atoms with van der Waals surface area (Å²) in [6, 6.07) is 37.0. The molecule has 39 heavy (non-hydrogen) atoms. The van der Waals surface area contributed by atoms with Crippen LogP contribution >= 0.6 is 0 Å². The van der Waals surface area contributed by atoms with Gasteiger partial charge in [-0.3, -0.25) is 4.57 Å². The second kappa shape index (κ2) is 9.14. The van der Waals surface area contributed by atoms with E-state index in [-0.39, 0.29) is 21.1 Å². The minimum atomic E-state index is 0. The van der Waals surface area contributed by atoms with E-state index in [1.54, 1.807) is 0 Å². The van der Waals surface area contributed by atoms with Crippen molar-refractivity contribution in [3.8, 4) is 11.5 Å². The number of hydrogen-bond donors (Lipinski definition) is 0. The van der Waals surface area contributed by atoms with Gasteiger partial charge in [0.05, 0.1) is 28.7 Å². The Balaban J connectivity index is 0.00000253. The Morgan fingerprint density at radius 1 is 0.564 bits per heavy atom. The molecule has 0 spiro atoms. The number of rotatable bonds is 3. The molecule has 190 valence electrons. The minimum absolute atomic E-state index is 0. The van der Waals surface area contributed by atoms with E-state index in [1.807, 2.05) is 18.3 Å². The molecule has 4 aromatic carbocycles. The van der Waals surface area contributed by atoms with E-state index in [9.17, 15) is 0 Å². The second-order valence-corrected chi connectivity index (χ2v) is 9.96. The van der Waals surface area contributed by atoms with Gasteiger partial charge >= 0.3 is 21.1 Å². The Kier molecular flexibility index (Phi) is 5.57. The van der Waals surface area contributed by atoms with Crippen molar-refractivity contribution in [2.24, 2.45) is 0 Å². The molecule has 4 heterocycles. The zero-order chi connectivity index (χ0) is 25.2. The van der Waals surface area contributed by atoms with Crippen molar-refractivity contribution in [3.63, 3.8) is 0 Å². The molecule has 3 aromatic heterocycles. The van der Waals surface area contributed by atoms with Crippen LogP contribution in [-0.2, 0) is 21.1 Å². The minimum Gasteiger partial charge on any atom is -0.361 e. The van der Waals surface area contributed by atoms with Gasteiger partial charge in [-0.05, 0) is 48.5 Å². The van der Waals surface area contributed by atoms with Crippen LogP contribution in [0.1, 0.15) is 0 Å². The van der Waals surface area contributed by atoms with Gasteiger partial charge in [-0.2, -0.15) is 0 Å². The Morgan fingerprint density at radius 3 is 1.82 bits per heavy atom. The smallest absolute Gasteiger partial charge is 0.361 e. The topological polar surface area (TPSA) is 29.2 Å². The second-order valence-electron chi connectivity index (χ2n) is 9.96. The zero-order valence-corrected chi connectivity index (χ0v) is 23.6. The van der Waals surface area contributed by atoms with Crippen LogP contribution in [0.25, 0.3) is 55.1 Å². The van der Waals surface area contributed by atoms with Crippen LogP contribution in [0.4, 0.5) is 5.69 Å². The summed E-state index contributed by atoms with van der Waals surface area (Å²) in [6.45, 7) is 0.849. The number of anilines is 1. The third kappa shape index (κ3) is 3.61. The molecule has 5 nitrogen and oxygen atoms in total. The van der Waals surface area contributed by atoms with E-state index in [1.165, 1.54) is 38.3 Å². The summed E-state index contributed by atoms with van der Waals surface area (Å²) in [5, 5.41) is 4.97. The van der Waals surface area contributed by atoms with Crippen LogP contribution in [0.15, 0.2) is 122 Å². The van der Waals surface area contributed by atoms with Gasteiger partial charge in [-0.15, -0.1) is 0 Å². The molecule has 6 heteroatoms. The first-order valence-electron chi connectivity index (χ1n) is 12.9. The van der Waals surface area contributed by atoms with E-state index in [2.05, 4.69) is 129 Å². The quantitative estimate of drug-likeness (QED) is 0.194. The number of pyridine rings is 1. The fraction of sp³-hybridized carbons (Fsp3) is 0.0606. The van der Waals surface area contributed by atoms with Crippen LogP contribution in [0, 0.1) is 0 Å². The van der Waals surface area contributed by atoms with E-state index in [4.69, 9.17) is 4.98 Å². The molecule has 0 saturated heterocycles. The predicted molar refractivity (Wildman–Crippen MR) is 157 cm³/mol. The van der Waals surface area contributed by atoms with Crippen molar-refractivity contribution in [3.05, 3.63) is 122 Å². The third-order valence-corrected chi connectivity index (χ3v) is 7.66. The van der Waals surface area contributed by atoms with Gasteiger partial charge in [0.25, 0.3) is 0 Å². The van der Waals surface area contributed by atoms with Crippen molar-refractivity contribution in [2.45, 2.75) is 0 Å². The van der Waals surface area contributed by atoms with E-state index in [0.29, 0.717) is 0 Å². The Labute approximate surface area is 240 Å². The van der Waals surface area contributed by atoms with E-state index >= 15 is 0 Å². The van der Waals surface area contributed by atoms with Crippen LogP contribution in [0.3, 0.4) is 0 Å². The summed E-state index contributed by atoms with van der Waals surface area (Å²) in [5.74, 6) is 0.922. The van der Waals surface area contributed by atoms with Crippen molar-refractivity contribution in [1.29, 1.82) is 0 Å². The van der Waals surface area contributed by atoms with Gasteiger partial charge < -0.3 is 14.4 Å². The molecular weight excluding hydrogens is 661 g/mol. The molecule has 0 atom stereocenters. The van der Waals surface area contributed by atoms with Gasteiger partial charge in [0.1, 0.15) is 5.82 Å². The van der Waals surface area contributed by atoms with Gasteiger partial charge in [0, 0.05) is 58.6 Å². The van der Waals surface area contributed by atoms with Crippen molar-refractivity contribution in [1.82, 2.24) is 19.0 Å². The van der Waals surface area contributed by atoms with E-state index < -0.39 is 0 Å². The fourth-order valence-corrected chi connectivity index (χ4v) is 5.94. The van der Waals surface area contributed by atoms with E-state index in [0.717, 1.165) is 29.2 Å². The van der Waals surface area contributed by atoms with Crippen LogP contribution in [-0.4, -0.2) is 32.7 Å². The Morgan fingerprint density at radius 2 is 1.15 bits per heavy atom. The van der Waals surface area contributed by atoms with Gasteiger partial charge in [-0.25, -0.2) is 4.98 Å². The molecule has 1 aliphatic heterocycles. The Bertz CT molecular complexity index is 2040. The van der Waals surface area contributed by atoms with Gasteiger partial charge in [0.15, 0.2) is 0 Å². The standard InChI is InChI=1S/C33H25N5.Pt/c1-35-18-19-36(22-35)23-13-15-27-25-8-2-4-10-29(25)37(31(27)20-23)24-14-16-28-26-9-3-5-11-30(26)38(32(28)21-24)33-12-6-7-17-34-33;/h2-21H,22H2,1H3;/q;+2. The Hall–Kier alpha value is -4.34. The summed E-state index contributed by atoms with van der Waals surface area (Å²) < 4.78 is 4.68. The number of hydrogen-bond acceptors (Lipinski definition) is 3. The third-order valence-electron chi connectivity index (χ3n) is 7.66. The predicted octanol–water partition coefficient (Wildman–Crippen LogP) is 7.45. The average molecular weight is 687 g/mol. The van der Waals surface area contributed by atoms with Gasteiger partial charge in [0.2, 0.25) is 0 Å². The fourth-order valence-electron chi connectivity index (χ4n) is 5.94. The maximum absolute atomic E-state index is 4.72. The largest absolute Gasteiger partial charge is 2.00 e. The van der Waals surface area contributed by atoms with Crippen molar-refractivity contribution >= 4 is 49.3 Å². The van der Waals surface area contributed by atoms with Crippen LogP contribution in [0.2, 0.25) is 0 Å². The molecule has 0 bridgehead atoms. The normalized spacial score (nSPS) is 13.3. The summed E-state index contributed by atoms with van der Waals surface area (Å²) in [5.41, 5.74) is 7.03. The monoisotopic (exact) mass is 686 g/mol. The number of aromatic nitrogens is 3. The molecule has 0 N–H and O–H groups in total. The molecule has 0 aliphatic carbocycles. The number of benzene rings is 4. The number of fused-ring (bicyclic) bond motifs is 6. The molecule has 0 fully saturated rings. The van der Waals surface area contributed by atoms with Crippen molar-refractivity contribution in [2.75, 3.05) is 18.6 Å². The molecule has 0 unspecified atom stereocenters. The zero-order valence-electron chi connectivity index (χ0n) is 21.3. The van der Waals surface area contributed by atoms with Crippen LogP contribution in [0.5, 0.6) is 0 Å². The molecule has 1 aliphatic rings. The number of para-hydroxylation sites is 2. The summed E-state index contributed by atoms with van der Waals surface area (Å²) in [7, 11) is 2.10. The molecule has 0 amide bonds. The maximum atomic E-state index is 4.72. The average Bonchev–Trinajstić information content (AvgIpc) is 3.64. The molecule has 8 rings (SSSR count). The van der Waals surface area contributed by atoms with Gasteiger partial charge in [-0.1, -0.05) is 54.6 Å². The molecule has 0 radical (unpaired) electrons. The SMILES string of the molecule is CN1C=CN(c2ccc3c4ccccc4n(-c4ccc5c6ccccc6n(-c6ccccn6)c5c4)c3c2)C1.[Pt+2]. The maximum Gasteiger partial charge on any atom is 2.00 e. The molecule has 0 saturated carbocycles. The van der Waals surface area contributed by atoms with Crippen molar-refractivity contribution < 1.29 is 21.1 Å². The first kappa shape index (κ1) is 23.8. The first-order chi connectivity index (χ1) is 18.8. The summed E-state index contributed by atoms with van der Waals surface area (Å²) >= 11 is 0.